The lowest BCUT2D eigenvalue weighted by Crippen LogP contribution is -2.21. The average molecular weight is 430 g/mol. The highest BCUT2D eigenvalue weighted by Gasteiger charge is 2.36. The number of aromatic amines is 1. The van der Waals surface area contributed by atoms with Crippen LogP contribution in [0, 0.1) is 5.82 Å². The fourth-order valence-corrected chi connectivity index (χ4v) is 4.32. The summed E-state index contributed by atoms with van der Waals surface area (Å²) in [6.45, 7) is 4.12. The molecule has 0 bridgehead atoms. The van der Waals surface area contributed by atoms with E-state index in [0.717, 1.165) is 6.07 Å². The van der Waals surface area contributed by atoms with Crippen molar-refractivity contribution in [3.63, 3.8) is 0 Å². The fraction of sp³-hybridized carbons (Fsp3) is 0.333. The monoisotopic (exact) mass is 430 g/mol. The Morgan fingerprint density at radius 2 is 2.00 bits per heavy atom. The molecule has 11 heteroatoms. The van der Waals surface area contributed by atoms with Gasteiger partial charge in [0.25, 0.3) is 0 Å². The molecule has 156 valence electrons. The predicted octanol–water partition coefficient (Wildman–Crippen LogP) is 3.82. The van der Waals surface area contributed by atoms with E-state index in [2.05, 4.69) is 20.3 Å². The molecule has 3 rings (SSSR count). The standard InChI is InChI=1S/C18H19F4N4O2P/c1-9(8-27)25-17-24-7-12(18(20,21)22)14(26-17)11-6-23-15-10(11)4-5-13(19)16(15)29(2,3)28/h4-7,9,23,27H,8H2,1-3H3,(H,24,25,26)/t9-/m0/s1. The van der Waals surface area contributed by atoms with Crippen molar-refractivity contribution in [2.45, 2.75) is 19.1 Å². The van der Waals surface area contributed by atoms with Gasteiger partial charge in [-0.25, -0.2) is 14.4 Å². The van der Waals surface area contributed by atoms with Crippen LogP contribution >= 0.6 is 7.14 Å². The fourth-order valence-electron chi connectivity index (χ4n) is 3.01. The third-order valence-electron chi connectivity index (χ3n) is 4.32. The number of benzene rings is 1. The van der Waals surface area contributed by atoms with Gasteiger partial charge < -0.3 is 20.0 Å². The molecule has 2 aromatic heterocycles. The minimum absolute atomic E-state index is 0.0592. The van der Waals surface area contributed by atoms with Crippen molar-refractivity contribution >= 4 is 29.3 Å². The largest absolute Gasteiger partial charge is 0.419 e. The highest BCUT2D eigenvalue weighted by molar-refractivity contribution is 7.70. The van der Waals surface area contributed by atoms with Crippen LogP contribution in [0.5, 0.6) is 0 Å². The summed E-state index contributed by atoms with van der Waals surface area (Å²) in [5.74, 6) is -0.792. The van der Waals surface area contributed by atoms with Crippen molar-refractivity contribution in [1.29, 1.82) is 0 Å². The number of halogens is 4. The van der Waals surface area contributed by atoms with Gasteiger partial charge in [0, 0.05) is 29.4 Å². The molecule has 0 unspecified atom stereocenters. The maximum Gasteiger partial charge on any atom is 0.419 e. The summed E-state index contributed by atoms with van der Waals surface area (Å²) in [7, 11) is -3.06. The van der Waals surface area contributed by atoms with E-state index in [0.29, 0.717) is 6.20 Å². The van der Waals surface area contributed by atoms with E-state index in [1.807, 2.05) is 0 Å². The highest BCUT2D eigenvalue weighted by atomic mass is 31.2. The minimum atomic E-state index is -4.73. The van der Waals surface area contributed by atoms with Crippen LogP contribution in [-0.4, -0.2) is 46.0 Å². The molecule has 0 aliphatic rings. The Kier molecular flexibility index (Phi) is 5.44. The van der Waals surface area contributed by atoms with Gasteiger partial charge in [-0.3, -0.25) is 0 Å². The van der Waals surface area contributed by atoms with Crippen LogP contribution in [0.25, 0.3) is 22.2 Å². The van der Waals surface area contributed by atoms with Gasteiger partial charge in [0.1, 0.15) is 18.5 Å². The number of aliphatic hydroxyl groups is 1. The van der Waals surface area contributed by atoms with Crippen LogP contribution in [0.1, 0.15) is 12.5 Å². The second kappa shape index (κ2) is 7.42. The summed E-state index contributed by atoms with van der Waals surface area (Å²) < 4.78 is 67.6. The Labute approximate surface area is 163 Å². The van der Waals surface area contributed by atoms with E-state index in [4.69, 9.17) is 5.11 Å². The van der Waals surface area contributed by atoms with E-state index in [-0.39, 0.29) is 34.3 Å². The molecule has 3 N–H and O–H groups in total. The van der Waals surface area contributed by atoms with E-state index >= 15 is 0 Å². The molecule has 0 radical (unpaired) electrons. The number of aromatic nitrogens is 3. The van der Waals surface area contributed by atoms with E-state index in [1.165, 1.54) is 25.6 Å². The van der Waals surface area contributed by atoms with Gasteiger partial charge in [0.2, 0.25) is 5.95 Å². The maximum absolute atomic E-state index is 14.3. The first-order valence-electron chi connectivity index (χ1n) is 8.60. The summed E-state index contributed by atoms with van der Waals surface area (Å²) in [5.41, 5.74) is -1.24. The Morgan fingerprint density at radius 3 is 2.59 bits per heavy atom. The van der Waals surface area contributed by atoms with E-state index < -0.39 is 36.4 Å². The third kappa shape index (κ3) is 4.13. The van der Waals surface area contributed by atoms with E-state index in [9.17, 15) is 22.1 Å². The highest BCUT2D eigenvalue weighted by Crippen LogP contribution is 2.42. The minimum Gasteiger partial charge on any atom is -0.394 e. The summed E-state index contributed by atoms with van der Waals surface area (Å²) in [6, 6.07) is 1.92. The zero-order valence-electron chi connectivity index (χ0n) is 15.8. The first-order valence-corrected chi connectivity index (χ1v) is 11.2. The topological polar surface area (TPSA) is 90.9 Å². The molecule has 6 nitrogen and oxygen atoms in total. The molecule has 1 aromatic carbocycles. The van der Waals surface area contributed by atoms with Crippen molar-refractivity contribution in [2.24, 2.45) is 0 Å². The van der Waals surface area contributed by atoms with Crippen molar-refractivity contribution in [2.75, 3.05) is 25.3 Å². The number of alkyl halides is 3. The second-order valence-electron chi connectivity index (χ2n) is 7.05. The summed E-state index contributed by atoms with van der Waals surface area (Å²) >= 11 is 0. The molecule has 0 spiro atoms. The van der Waals surface area contributed by atoms with Crippen molar-refractivity contribution in [3.8, 4) is 11.3 Å². The van der Waals surface area contributed by atoms with Crippen molar-refractivity contribution in [1.82, 2.24) is 15.0 Å². The molecule has 0 amide bonds. The van der Waals surface area contributed by atoms with Gasteiger partial charge in [0.15, 0.2) is 0 Å². The summed E-state index contributed by atoms with van der Waals surface area (Å²) in [5, 5.41) is 12.1. The lowest BCUT2D eigenvalue weighted by atomic mass is 10.1. The third-order valence-corrected chi connectivity index (χ3v) is 5.83. The van der Waals surface area contributed by atoms with Crippen molar-refractivity contribution in [3.05, 3.63) is 35.9 Å². The smallest absolute Gasteiger partial charge is 0.394 e. The Bertz CT molecular complexity index is 1110. The number of rotatable bonds is 5. The lowest BCUT2D eigenvalue weighted by Gasteiger charge is -2.15. The number of aliphatic hydroxyl groups excluding tert-OH is 1. The Morgan fingerprint density at radius 1 is 1.31 bits per heavy atom. The van der Waals surface area contributed by atoms with Crippen molar-refractivity contribution < 1.29 is 27.2 Å². The molecule has 0 saturated heterocycles. The Balaban J connectivity index is 2.28. The number of nitrogens with zero attached hydrogens (tertiary/aromatic N) is 2. The number of H-pyrrole nitrogens is 1. The van der Waals surface area contributed by atoms with Crippen LogP contribution in [0.3, 0.4) is 0 Å². The number of nitrogens with one attached hydrogen (secondary N) is 2. The van der Waals surface area contributed by atoms with Crippen LogP contribution in [0.4, 0.5) is 23.5 Å². The molecule has 2 heterocycles. The SMILES string of the molecule is C[C@@H](CO)Nc1ncc(C(F)(F)F)c(-c2c[nH]c3c(P(C)(C)=O)c(F)ccc23)n1. The first-order chi connectivity index (χ1) is 13.4. The number of hydrogen-bond donors (Lipinski definition) is 3. The molecule has 0 aliphatic carbocycles. The van der Waals surface area contributed by atoms with Crippen LogP contribution in [0.15, 0.2) is 24.5 Å². The number of anilines is 1. The normalized spacial score (nSPS) is 13.7. The Hall–Kier alpha value is -2.45. The van der Waals surface area contributed by atoms with Crippen LogP contribution in [-0.2, 0) is 10.7 Å². The molecule has 0 fully saturated rings. The summed E-state index contributed by atoms with van der Waals surface area (Å²) in [6.07, 6.45) is -2.80. The average Bonchev–Trinajstić information content (AvgIpc) is 3.02. The number of fused-ring (bicyclic) bond motifs is 1. The summed E-state index contributed by atoms with van der Waals surface area (Å²) in [4.78, 5) is 10.4. The van der Waals surface area contributed by atoms with Gasteiger partial charge >= 0.3 is 6.18 Å². The lowest BCUT2D eigenvalue weighted by molar-refractivity contribution is -0.137. The molecule has 0 aliphatic heterocycles. The first kappa shape index (κ1) is 21.3. The quantitative estimate of drug-likeness (QED) is 0.423. The van der Waals surface area contributed by atoms with Gasteiger partial charge in [-0.05, 0) is 32.4 Å². The van der Waals surface area contributed by atoms with Gasteiger partial charge in [-0.1, -0.05) is 0 Å². The van der Waals surface area contributed by atoms with Gasteiger partial charge in [0.05, 0.1) is 23.1 Å². The predicted molar refractivity (Wildman–Crippen MR) is 104 cm³/mol. The second-order valence-corrected chi connectivity index (χ2v) is 10.2. The van der Waals surface area contributed by atoms with Crippen LogP contribution < -0.4 is 10.6 Å². The zero-order chi connectivity index (χ0) is 21.6. The van der Waals surface area contributed by atoms with Crippen LogP contribution in [0.2, 0.25) is 0 Å². The molecule has 1 atom stereocenters. The van der Waals surface area contributed by atoms with Gasteiger partial charge in [-0.2, -0.15) is 13.2 Å². The maximum atomic E-state index is 14.3. The molecule has 29 heavy (non-hydrogen) atoms. The molecule has 0 saturated carbocycles. The molecular formula is C18H19F4N4O2P. The van der Waals surface area contributed by atoms with E-state index in [1.54, 1.807) is 6.92 Å². The van der Waals surface area contributed by atoms with Gasteiger partial charge in [-0.15, -0.1) is 0 Å². The number of hydrogen-bond acceptors (Lipinski definition) is 5. The molecule has 3 aromatic rings. The zero-order valence-corrected chi connectivity index (χ0v) is 16.7. The molecular weight excluding hydrogens is 411 g/mol.